The first-order valence-corrected chi connectivity index (χ1v) is 13.4. The van der Waals surface area contributed by atoms with Crippen molar-refractivity contribution in [3.05, 3.63) is 131 Å². The van der Waals surface area contributed by atoms with Gasteiger partial charge in [0.15, 0.2) is 0 Å². The molecule has 0 unspecified atom stereocenters. The van der Waals surface area contributed by atoms with Gasteiger partial charge in [-0.1, -0.05) is 90.5 Å². The summed E-state index contributed by atoms with van der Waals surface area (Å²) in [5.41, 5.74) is 9.96. The van der Waals surface area contributed by atoms with Crippen LogP contribution in [-0.4, -0.2) is 25.0 Å². The van der Waals surface area contributed by atoms with E-state index in [9.17, 15) is 13.2 Å². The van der Waals surface area contributed by atoms with E-state index in [0.717, 1.165) is 28.0 Å². The largest absolute Gasteiger partial charge is 0.489 e. The normalized spacial score (nSPS) is 11.6. The van der Waals surface area contributed by atoms with Crippen molar-refractivity contribution in [3.63, 3.8) is 0 Å². The average Bonchev–Trinajstić information content (AvgIpc) is 2.92. The maximum absolute atomic E-state index is 12.1. The van der Waals surface area contributed by atoms with E-state index in [1.54, 1.807) is 12.1 Å². The van der Waals surface area contributed by atoms with Gasteiger partial charge in [-0.15, -0.1) is 0 Å². The molecule has 0 aliphatic carbocycles. The molecule has 4 aromatic rings. The fraction of sp³-hybridized carbons (Fsp3) is 0.167. The van der Waals surface area contributed by atoms with E-state index < -0.39 is 22.1 Å². The number of hydrogen-bond acceptors (Lipinski definition) is 6. The summed E-state index contributed by atoms with van der Waals surface area (Å²) in [4.78, 5) is 12.0. The van der Waals surface area contributed by atoms with Crippen molar-refractivity contribution in [2.45, 2.75) is 37.5 Å². The number of hydrogen-bond donors (Lipinski definition) is 2. The first kappa shape index (κ1) is 28.6. The van der Waals surface area contributed by atoms with Gasteiger partial charge in [-0.25, -0.2) is 0 Å². The topological polar surface area (TPSA) is 116 Å². The smallest absolute Gasteiger partial charge is 0.323 e. The molecule has 0 aliphatic rings. The van der Waals surface area contributed by atoms with Crippen LogP contribution in [0.15, 0.2) is 114 Å². The van der Waals surface area contributed by atoms with Gasteiger partial charge in [-0.05, 0) is 54.3 Å². The molecule has 0 bridgehead atoms. The average molecular weight is 534 g/mol. The molecule has 1 atom stereocenters. The summed E-state index contributed by atoms with van der Waals surface area (Å²) in [5.74, 6) is 0.381. The lowest BCUT2D eigenvalue weighted by Gasteiger charge is -2.12. The van der Waals surface area contributed by atoms with Crippen molar-refractivity contribution < 1.29 is 27.2 Å². The molecule has 0 fully saturated rings. The lowest BCUT2D eigenvalue weighted by molar-refractivity contribution is -0.146. The summed E-state index contributed by atoms with van der Waals surface area (Å²) in [6.07, 6.45) is 0.423. The van der Waals surface area contributed by atoms with Crippen LogP contribution in [0.4, 0.5) is 0 Å². The van der Waals surface area contributed by atoms with E-state index >= 15 is 0 Å². The van der Waals surface area contributed by atoms with E-state index in [1.807, 2.05) is 91.9 Å². The van der Waals surface area contributed by atoms with Crippen LogP contribution < -0.4 is 10.5 Å². The molecule has 0 spiro atoms. The zero-order valence-corrected chi connectivity index (χ0v) is 21.9. The SMILES string of the molecule is Cc1ccc(S(=O)(=O)O)cc1.N[C@@H](Cc1ccc(OCc2ccccc2)cc1)C(=O)OCc1ccccc1. The molecule has 0 saturated heterocycles. The predicted molar refractivity (Wildman–Crippen MR) is 146 cm³/mol. The Kier molecular flexibility index (Phi) is 10.6. The van der Waals surface area contributed by atoms with Crippen molar-refractivity contribution in [3.8, 4) is 5.75 Å². The number of aryl methyl sites for hydroxylation is 1. The molecule has 7 nitrogen and oxygen atoms in total. The van der Waals surface area contributed by atoms with E-state index in [-0.39, 0.29) is 11.5 Å². The maximum atomic E-state index is 12.1. The summed E-state index contributed by atoms with van der Waals surface area (Å²) in [6.45, 7) is 2.60. The second-order valence-corrected chi connectivity index (χ2v) is 10.0. The van der Waals surface area contributed by atoms with Crippen molar-refractivity contribution in [1.29, 1.82) is 0 Å². The Bertz CT molecular complexity index is 1370. The van der Waals surface area contributed by atoms with Crippen LogP contribution in [0.25, 0.3) is 0 Å². The number of carbonyl (C=O) groups is 1. The van der Waals surface area contributed by atoms with Gasteiger partial charge in [-0.2, -0.15) is 8.42 Å². The maximum Gasteiger partial charge on any atom is 0.323 e. The molecule has 0 radical (unpaired) electrons. The summed E-state index contributed by atoms with van der Waals surface area (Å²) >= 11 is 0. The fourth-order valence-electron chi connectivity index (χ4n) is 3.35. The quantitative estimate of drug-likeness (QED) is 0.227. The minimum atomic E-state index is -4.02. The number of rotatable bonds is 9. The van der Waals surface area contributed by atoms with Gasteiger partial charge in [0.05, 0.1) is 4.90 Å². The minimum absolute atomic E-state index is 0.0666. The third-order valence-corrected chi connectivity index (χ3v) is 6.34. The Hall–Kier alpha value is -3.98. The molecule has 4 rings (SSSR count). The number of esters is 1. The summed E-state index contributed by atoms with van der Waals surface area (Å²) in [6, 6.07) is 32.5. The van der Waals surface area contributed by atoms with Crippen LogP contribution in [0.5, 0.6) is 5.75 Å². The molecule has 0 aliphatic heterocycles. The highest BCUT2D eigenvalue weighted by molar-refractivity contribution is 7.85. The third-order valence-electron chi connectivity index (χ3n) is 5.47. The molecule has 0 aromatic heterocycles. The third kappa shape index (κ3) is 9.82. The van der Waals surface area contributed by atoms with Gasteiger partial charge >= 0.3 is 5.97 Å². The number of carbonyl (C=O) groups excluding carboxylic acids is 1. The second kappa shape index (κ2) is 14.1. The molecule has 38 heavy (non-hydrogen) atoms. The second-order valence-electron chi connectivity index (χ2n) is 8.61. The van der Waals surface area contributed by atoms with Gasteiger partial charge in [0, 0.05) is 0 Å². The molecular formula is C30H31NO6S. The molecule has 0 saturated carbocycles. The van der Waals surface area contributed by atoms with Gasteiger partial charge in [0.25, 0.3) is 10.1 Å². The van der Waals surface area contributed by atoms with Gasteiger partial charge in [-0.3, -0.25) is 9.35 Å². The number of nitrogens with two attached hydrogens (primary N) is 1. The van der Waals surface area contributed by atoms with E-state index in [4.69, 9.17) is 19.8 Å². The molecule has 0 amide bonds. The monoisotopic (exact) mass is 533 g/mol. The van der Waals surface area contributed by atoms with Crippen molar-refractivity contribution >= 4 is 16.1 Å². The number of benzene rings is 4. The van der Waals surface area contributed by atoms with Crippen molar-refractivity contribution in [2.24, 2.45) is 5.73 Å². The van der Waals surface area contributed by atoms with Crippen LogP contribution in [0.3, 0.4) is 0 Å². The van der Waals surface area contributed by atoms with Gasteiger partial charge in [0.2, 0.25) is 0 Å². The highest BCUT2D eigenvalue weighted by Crippen LogP contribution is 2.15. The van der Waals surface area contributed by atoms with Crippen LogP contribution in [0, 0.1) is 6.92 Å². The van der Waals surface area contributed by atoms with Crippen LogP contribution in [-0.2, 0) is 39.3 Å². The Morgan fingerprint density at radius 3 is 1.82 bits per heavy atom. The lowest BCUT2D eigenvalue weighted by Crippen LogP contribution is -2.34. The lowest BCUT2D eigenvalue weighted by atomic mass is 10.1. The predicted octanol–water partition coefficient (Wildman–Crippen LogP) is 5.12. The zero-order valence-electron chi connectivity index (χ0n) is 21.1. The summed E-state index contributed by atoms with van der Waals surface area (Å²) in [5, 5.41) is 0. The number of ether oxygens (including phenoxy) is 2. The highest BCUT2D eigenvalue weighted by atomic mass is 32.2. The van der Waals surface area contributed by atoms with E-state index in [2.05, 4.69) is 0 Å². The standard InChI is InChI=1S/C23H23NO3.C7H8O3S/c24-22(23(25)27-17-20-9-5-2-6-10-20)15-18-11-13-21(14-12-18)26-16-19-7-3-1-4-8-19;1-6-2-4-7(5-3-6)11(8,9)10/h1-14,22H,15-17,24H2;2-5H,1H3,(H,8,9,10)/t22-;/m0./s1. The Morgan fingerprint density at radius 2 is 1.29 bits per heavy atom. The highest BCUT2D eigenvalue weighted by Gasteiger charge is 2.16. The van der Waals surface area contributed by atoms with E-state index in [1.165, 1.54) is 12.1 Å². The Morgan fingerprint density at radius 1 is 0.763 bits per heavy atom. The van der Waals surface area contributed by atoms with Crippen LogP contribution in [0.1, 0.15) is 22.3 Å². The first-order chi connectivity index (χ1) is 18.2. The first-order valence-electron chi connectivity index (χ1n) is 12.0. The molecule has 198 valence electrons. The molecular weight excluding hydrogens is 502 g/mol. The molecule has 4 aromatic carbocycles. The Labute approximate surface area is 223 Å². The molecule has 3 N–H and O–H groups in total. The fourth-order valence-corrected chi connectivity index (χ4v) is 3.83. The summed E-state index contributed by atoms with van der Waals surface area (Å²) in [7, 11) is -4.02. The van der Waals surface area contributed by atoms with Crippen LogP contribution >= 0.6 is 0 Å². The van der Waals surface area contributed by atoms with Crippen molar-refractivity contribution in [2.75, 3.05) is 0 Å². The minimum Gasteiger partial charge on any atom is -0.489 e. The Balaban J connectivity index is 0.000000304. The van der Waals surface area contributed by atoms with E-state index in [0.29, 0.717) is 13.0 Å². The van der Waals surface area contributed by atoms with Gasteiger partial charge < -0.3 is 15.2 Å². The van der Waals surface area contributed by atoms with Crippen molar-refractivity contribution in [1.82, 2.24) is 0 Å². The van der Waals surface area contributed by atoms with Gasteiger partial charge in [0.1, 0.15) is 25.0 Å². The molecule has 0 heterocycles. The van der Waals surface area contributed by atoms with Crippen LogP contribution in [0.2, 0.25) is 0 Å². The molecule has 8 heteroatoms. The zero-order chi connectivity index (χ0) is 27.4. The summed E-state index contributed by atoms with van der Waals surface area (Å²) < 4.78 is 40.6.